The first kappa shape index (κ1) is 15.2. The Bertz CT molecular complexity index is 603. The van der Waals surface area contributed by atoms with Crippen LogP contribution in [0.15, 0.2) is 11.4 Å². The molecule has 8 nitrogen and oxygen atoms in total. The van der Waals surface area contributed by atoms with Crippen LogP contribution < -0.4 is 45.9 Å². The third kappa shape index (κ3) is 1.96. The van der Waals surface area contributed by atoms with Gasteiger partial charge in [-0.2, -0.15) is 0 Å². The molecule has 0 bridgehead atoms. The van der Waals surface area contributed by atoms with E-state index in [0.29, 0.717) is 28.5 Å². The summed E-state index contributed by atoms with van der Waals surface area (Å²) in [5.41, 5.74) is 52.1. The maximum Gasteiger partial charge on any atom is 0.0787 e. The van der Waals surface area contributed by atoms with Gasteiger partial charge < -0.3 is 45.9 Å². The largest absolute Gasteiger partial charge is 0.399 e. The SMILES string of the molecule is Cc1c(CN)c(N)c(N)c(N)c1C1C(N)C(N)=C(N)C1N. The lowest BCUT2D eigenvalue weighted by molar-refractivity contribution is 0.565. The third-order valence-electron chi connectivity index (χ3n) is 4.42. The summed E-state index contributed by atoms with van der Waals surface area (Å²) in [4.78, 5) is 0. The molecule has 8 heteroatoms. The fourth-order valence-corrected chi connectivity index (χ4v) is 3.07. The topological polar surface area (TPSA) is 208 Å². The fourth-order valence-electron chi connectivity index (χ4n) is 3.07. The summed E-state index contributed by atoms with van der Waals surface area (Å²) >= 11 is 0. The van der Waals surface area contributed by atoms with E-state index in [2.05, 4.69) is 0 Å². The second kappa shape index (κ2) is 4.99. The standard InChI is InChI=1S/C13H24N8/c1-3-4(2-14)7(15)11(19)8(16)5(3)6-9(17)12(20)13(21)10(6)18/h6,9-10H,2,14-21H2,1H3. The first-order valence-electron chi connectivity index (χ1n) is 6.65. The molecule has 1 aromatic carbocycles. The minimum atomic E-state index is -0.519. The van der Waals surface area contributed by atoms with E-state index in [9.17, 15) is 0 Å². The normalized spacial score (nSPS) is 25.6. The zero-order valence-corrected chi connectivity index (χ0v) is 12.1. The van der Waals surface area contributed by atoms with E-state index in [4.69, 9.17) is 45.9 Å². The van der Waals surface area contributed by atoms with E-state index in [-0.39, 0.29) is 12.5 Å². The van der Waals surface area contributed by atoms with Crippen LogP contribution in [0.4, 0.5) is 17.1 Å². The summed E-state index contributed by atoms with van der Waals surface area (Å²) in [7, 11) is 0. The van der Waals surface area contributed by atoms with Crippen molar-refractivity contribution in [3.8, 4) is 0 Å². The molecule has 2 atom stereocenters. The van der Waals surface area contributed by atoms with E-state index in [0.717, 1.165) is 16.7 Å². The first-order chi connectivity index (χ1) is 9.73. The molecule has 0 saturated heterocycles. The van der Waals surface area contributed by atoms with E-state index >= 15 is 0 Å². The molecule has 0 fully saturated rings. The quantitative estimate of drug-likeness (QED) is 0.287. The summed E-state index contributed by atoms with van der Waals surface area (Å²) in [6, 6.07) is -1.04. The maximum absolute atomic E-state index is 6.15. The van der Waals surface area contributed by atoms with Crippen LogP contribution in [-0.4, -0.2) is 12.1 Å². The Balaban J connectivity index is 2.69. The molecule has 1 aliphatic carbocycles. The Morgan fingerprint density at radius 1 is 0.810 bits per heavy atom. The minimum absolute atomic E-state index is 0.241. The summed E-state index contributed by atoms with van der Waals surface area (Å²) in [6.45, 7) is 2.11. The lowest BCUT2D eigenvalue weighted by Gasteiger charge is -2.28. The highest BCUT2D eigenvalue weighted by Crippen LogP contribution is 2.43. The summed E-state index contributed by atoms with van der Waals surface area (Å²) in [5.74, 6) is -0.349. The average molecular weight is 292 g/mol. The molecule has 0 amide bonds. The van der Waals surface area contributed by atoms with Gasteiger partial charge in [0.1, 0.15) is 0 Å². The Morgan fingerprint density at radius 3 is 1.71 bits per heavy atom. The van der Waals surface area contributed by atoms with Crippen LogP contribution in [0.25, 0.3) is 0 Å². The molecule has 21 heavy (non-hydrogen) atoms. The molecule has 2 rings (SSSR count). The van der Waals surface area contributed by atoms with Gasteiger partial charge in [0.05, 0.1) is 29.1 Å². The number of nitrogen functional groups attached to an aromatic ring is 3. The van der Waals surface area contributed by atoms with E-state index in [1.54, 1.807) is 0 Å². The Kier molecular flexibility index (Phi) is 3.62. The van der Waals surface area contributed by atoms with Crippen molar-refractivity contribution in [3.63, 3.8) is 0 Å². The molecule has 16 N–H and O–H groups in total. The van der Waals surface area contributed by atoms with Crippen LogP contribution in [-0.2, 0) is 6.54 Å². The van der Waals surface area contributed by atoms with Gasteiger partial charge in [-0.05, 0) is 23.6 Å². The Hall–Kier alpha value is -2.16. The van der Waals surface area contributed by atoms with Crippen LogP contribution in [0.3, 0.4) is 0 Å². The monoisotopic (exact) mass is 292 g/mol. The van der Waals surface area contributed by atoms with Gasteiger partial charge in [0.2, 0.25) is 0 Å². The predicted octanol–water partition coefficient (Wildman–Crippen LogP) is -1.92. The summed E-state index contributed by atoms with van der Waals surface area (Å²) in [6.07, 6.45) is 0. The molecule has 0 heterocycles. The zero-order valence-electron chi connectivity index (χ0n) is 12.1. The second-order valence-electron chi connectivity index (χ2n) is 5.45. The van der Waals surface area contributed by atoms with Gasteiger partial charge in [-0.15, -0.1) is 0 Å². The zero-order chi connectivity index (χ0) is 16.1. The number of anilines is 3. The number of hydrogen-bond donors (Lipinski definition) is 8. The average Bonchev–Trinajstić information content (AvgIpc) is 2.63. The van der Waals surface area contributed by atoms with Crippen molar-refractivity contribution in [1.82, 2.24) is 0 Å². The minimum Gasteiger partial charge on any atom is -0.399 e. The van der Waals surface area contributed by atoms with Gasteiger partial charge in [0, 0.05) is 23.9 Å². The van der Waals surface area contributed by atoms with Crippen molar-refractivity contribution in [2.24, 2.45) is 28.7 Å². The van der Waals surface area contributed by atoms with Crippen LogP contribution in [0.1, 0.15) is 22.6 Å². The molecule has 0 spiro atoms. The van der Waals surface area contributed by atoms with E-state index in [1.807, 2.05) is 6.92 Å². The van der Waals surface area contributed by atoms with Crippen LogP contribution >= 0.6 is 0 Å². The van der Waals surface area contributed by atoms with Crippen LogP contribution in [0.2, 0.25) is 0 Å². The molecule has 0 aromatic heterocycles. The predicted molar refractivity (Wildman–Crippen MR) is 86.4 cm³/mol. The summed E-state index contributed by atoms with van der Waals surface area (Å²) in [5, 5.41) is 0. The highest BCUT2D eigenvalue weighted by atomic mass is 14.9. The van der Waals surface area contributed by atoms with Gasteiger partial charge in [-0.3, -0.25) is 0 Å². The molecule has 1 aliphatic rings. The lowest BCUT2D eigenvalue weighted by atomic mass is 9.83. The summed E-state index contributed by atoms with van der Waals surface area (Å²) < 4.78 is 0. The fraction of sp³-hybridized carbons (Fsp3) is 0.385. The van der Waals surface area contributed by atoms with Gasteiger partial charge in [-0.1, -0.05) is 0 Å². The highest BCUT2D eigenvalue weighted by molar-refractivity contribution is 5.85. The smallest absolute Gasteiger partial charge is 0.0787 e. The van der Waals surface area contributed by atoms with Crippen molar-refractivity contribution >= 4 is 17.1 Å². The van der Waals surface area contributed by atoms with Crippen molar-refractivity contribution in [1.29, 1.82) is 0 Å². The second-order valence-corrected chi connectivity index (χ2v) is 5.45. The maximum atomic E-state index is 6.15. The Morgan fingerprint density at radius 2 is 1.29 bits per heavy atom. The van der Waals surface area contributed by atoms with Crippen molar-refractivity contribution < 1.29 is 0 Å². The van der Waals surface area contributed by atoms with Gasteiger partial charge in [0.15, 0.2) is 0 Å². The Labute approximate surface area is 123 Å². The molecule has 0 aliphatic heterocycles. The molecular weight excluding hydrogens is 268 g/mol. The molecule has 2 unspecified atom stereocenters. The van der Waals surface area contributed by atoms with Gasteiger partial charge in [-0.25, -0.2) is 0 Å². The van der Waals surface area contributed by atoms with Crippen molar-refractivity contribution in [3.05, 3.63) is 28.1 Å². The van der Waals surface area contributed by atoms with Gasteiger partial charge >= 0.3 is 0 Å². The number of rotatable bonds is 2. The van der Waals surface area contributed by atoms with Gasteiger partial charge in [0.25, 0.3) is 0 Å². The number of benzene rings is 1. The van der Waals surface area contributed by atoms with E-state index in [1.165, 1.54) is 0 Å². The third-order valence-corrected chi connectivity index (χ3v) is 4.42. The first-order valence-corrected chi connectivity index (χ1v) is 6.65. The number of nitrogens with two attached hydrogens (primary N) is 8. The number of hydrogen-bond acceptors (Lipinski definition) is 8. The van der Waals surface area contributed by atoms with Crippen molar-refractivity contribution in [2.75, 3.05) is 17.2 Å². The van der Waals surface area contributed by atoms with E-state index < -0.39 is 12.1 Å². The van der Waals surface area contributed by atoms with Crippen LogP contribution in [0.5, 0.6) is 0 Å². The molecule has 0 radical (unpaired) electrons. The lowest BCUT2D eigenvalue weighted by Crippen LogP contribution is -2.38. The van der Waals surface area contributed by atoms with Crippen LogP contribution in [0, 0.1) is 6.92 Å². The molecule has 1 aromatic rings. The molecular formula is C13H24N8. The molecule has 116 valence electrons. The van der Waals surface area contributed by atoms with Crippen molar-refractivity contribution in [2.45, 2.75) is 31.5 Å². The highest BCUT2D eigenvalue weighted by Gasteiger charge is 2.40. The molecule has 0 saturated carbocycles.